The van der Waals surface area contributed by atoms with Gasteiger partial charge in [-0.15, -0.1) is 0 Å². The summed E-state index contributed by atoms with van der Waals surface area (Å²) in [4.78, 5) is 6.03. The summed E-state index contributed by atoms with van der Waals surface area (Å²) in [5.41, 5.74) is 5.43. The number of hydrogen-bond donors (Lipinski definition) is 2. The molecule has 1 heterocycles. The van der Waals surface area contributed by atoms with Gasteiger partial charge in [0.25, 0.3) is 0 Å². The third kappa shape index (κ3) is 4.77. The summed E-state index contributed by atoms with van der Waals surface area (Å²) in [7, 11) is -1.52. The van der Waals surface area contributed by atoms with Crippen molar-refractivity contribution in [2.75, 3.05) is 25.9 Å². The number of aromatic nitrogens is 1. The second-order valence-electron chi connectivity index (χ2n) is 4.55. The van der Waals surface area contributed by atoms with Gasteiger partial charge in [0, 0.05) is 25.3 Å². The molecule has 108 valence electrons. The van der Waals surface area contributed by atoms with E-state index in [1.54, 1.807) is 0 Å². The van der Waals surface area contributed by atoms with E-state index in [1.807, 2.05) is 7.05 Å². The fourth-order valence-electron chi connectivity index (χ4n) is 1.52. The zero-order chi connectivity index (χ0) is 14.5. The molecule has 19 heavy (non-hydrogen) atoms. The summed E-state index contributed by atoms with van der Waals surface area (Å²) in [5, 5.41) is 0. The Balaban J connectivity index is 2.54. The highest BCUT2D eigenvalue weighted by molar-refractivity contribution is 7.89. The van der Waals surface area contributed by atoms with E-state index in [-0.39, 0.29) is 4.90 Å². The summed E-state index contributed by atoms with van der Waals surface area (Å²) < 4.78 is 26.5. The Morgan fingerprint density at radius 3 is 2.68 bits per heavy atom. The highest BCUT2D eigenvalue weighted by Gasteiger charge is 2.14. The third-order valence-corrected chi connectivity index (χ3v) is 4.62. The molecule has 0 radical (unpaired) electrons. The Hall–Kier alpha value is -1.18. The van der Waals surface area contributed by atoms with Crippen LogP contribution in [0.15, 0.2) is 23.2 Å². The van der Waals surface area contributed by atoms with Crippen LogP contribution >= 0.6 is 0 Å². The SMILES string of the molecule is CCC(C)N(C)CCNS(=O)(=O)c1ccc(N)nc1. The van der Waals surface area contributed by atoms with Gasteiger partial charge in [0.2, 0.25) is 10.0 Å². The minimum atomic E-state index is -3.50. The standard InChI is InChI=1S/C12H22N4O2S/c1-4-10(2)16(3)8-7-15-19(17,18)11-5-6-12(13)14-9-11/h5-6,9-10,15H,4,7-8H2,1-3H3,(H2,13,14). The molecule has 3 N–H and O–H groups in total. The summed E-state index contributed by atoms with van der Waals surface area (Å²) in [6, 6.07) is 3.35. The van der Waals surface area contributed by atoms with Crippen molar-refractivity contribution in [3.05, 3.63) is 18.3 Å². The molecular weight excluding hydrogens is 264 g/mol. The van der Waals surface area contributed by atoms with Crippen LogP contribution in [0.5, 0.6) is 0 Å². The molecule has 0 aromatic carbocycles. The van der Waals surface area contributed by atoms with Crippen LogP contribution < -0.4 is 10.5 Å². The highest BCUT2D eigenvalue weighted by atomic mass is 32.2. The smallest absolute Gasteiger partial charge is 0.242 e. The van der Waals surface area contributed by atoms with E-state index in [0.717, 1.165) is 6.42 Å². The van der Waals surface area contributed by atoms with E-state index in [0.29, 0.717) is 24.9 Å². The molecule has 1 atom stereocenters. The Morgan fingerprint density at radius 1 is 1.47 bits per heavy atom. The van der Waals surface area contributed by atoms with Gasteiger partial charge in [-0.1, -0.05) is 6.92 Å². The van der Waals surface area contributed by atoms with E-state index in [2.05, 4.69) is 28.5 Å². The minimum absolute atomic E-state index is 0.132. The molecule has 0 saturated heterocycles. The number of nitrogens with one attached hydrogen (secondary N) is 1. The lowest BCUT2D eigenvalue weighted by Gasteiger charge is -2.23. The van der Waals surface area contributed by atoms with Crippen LogP contribution in [-0.4, -0.2) is 44.5 Å². The van der Waals surface area contributed by atoms with Gasteiger partial charge in [0.1, 0.15) is 10.7 Å². The molecule has 0 fully saturated rings. The number of nitrogens with zero attached hydrogens (tertiary/aromatic N) is 2. The molecule has 6 nitrogen and oxygen atoms in total. The Labute approximate surface area is 115 Å². The van der Waals surface area contributed by atoms with Crippen LogP contribution in [0.25, 0.3) is 0 Å². The monoisotopic (exact) mass is 286 g/mol. The van der Waals surface area contributed by atoms with Crippen LogP contribution in [0.2, 0.25) is 0 Å². The maximum atomic E-state index is 12.0. The molecule has 0 bridgehead atoms. The van der Waals surface area contributed by atoms with Crippen LogP contribution in [0.3, 0.4) is 0 Å². The first-order valence-electron chi connectivity index (χ1n) is 6.28. The lowest BCUT2D eigenvalue weighted by atomic mass is 10.2. The third-order valence-electron chi connectivity index (χ3n) is 3.17. The zero-order valence-corrected chi connectivity index (χ0v) is 12.4. The average Bonchev–Trinajstić information content (AvgIpc) is 2.37. The number of nitrogen functional groups attached to an aromatic ring is 1. The van der Waals surface area contributed by atoms with E-state index >= 15 is 0 Å². The molecule has 1 aromatic rings. The van der Waals surface area contributed by atoms with E-state index < -0.39 is 10.0 Å². The molecular formula is C12H22N4O2S. The fourth-order valence-corrected chi connectivity index (χ4v) is 2.49. The normalized spacial score (nSPS) is 13.7. The average molecular weight is 286 g/mol. The molecule has 1 rings (SSSR count). The van der Waals surface area contributed by atoms with Gasteiger partial charge in [-0.2, -0.15) is 0 Å². The molecule has 1 aromatic heterocycles. The first-order valence-corrected chi connectivity index (χ1v) is 7.76. The number of hydrogen-bond acceptors (Lipinski definition) is 5. The first kappa shape index (κ1) is 15.9. The topological polar surface area (TPSA) is 88.3 Å². The van der Waals surface area contributed by atoms with Gasteiger partial charge >= 0.3 is 0 Å². The Bertz CT molecular complexity index is 487. The summed E-state index contributed by atoms with van der Waals surface area (Å²) in [6.45, 7) is 5.24. The maximum absolute atomic E-state index is 12.0. The predicted octanol–water partition coefficient (Wildman–Crippen LogP) is 0.672. The fraction of sp³-hybridized carbons (Fsp3) is 0.583. The minimum Gasteiger partial charge on any atom is -0.384 e. The van der Waals surface area contributed by atoms with Crippen LogP contribution in [0, 0.1) is 0 Å². The van der Waals surface area contributed by atoms with Crippen molar-refractivity contribution in [3.63, 3.8) is 0 Å². The molecule has 1 unspecified atom stereocenters. The number of pyridine rings is 1. The van der Waals surface area contributed by atoms with Gasteiger partial charge in [-0.25, -0.2) is 18.1 Å². The van der Waals surface area contributed by atoms with Crippen molar-refractivity contribution in [1.29, 1.82) is 0 Å². The Morgan fingerprint density at radius 2 is 2.16 bits per heavy atom. The number of sulfonamides is 1. The van der Waals surface area contributed by atoms with Gasteiger partial charge in [0.05, 0.1) is 0 Å². The van der Waals surface area contributed by atoms with Crippen molar-refractivity contribution in [1.82, 2.24) is 14.6 Å². The van der Waals surface area contributed by atoms with Crippen molar-refractivity contribution in [2.45, 2.75) is 31.2 Å². The van der Waals surface area contributed by atoms with E-state index in [4.69, 9.17) is 5.73 Å². The quantitative estimate of drug-likeness (QED) is 0.769. The molecule has 0 spiro atoms. The van der Waals surface area contributed by atoms with Crippen LogP contribution in [-0.2, 0) is 10.0 Å². The predicted molar refractivity (Wildman–Crippen MR) is 76.2 cm³/mol. The van der Waals surface area contributed by atoms with Crippen molar-refractivity contribution in [3.8, 4) is 0 Å². The summed E-state index contributed by atoms with van der Waals surface area (Å²) in [6.07, 6.45) is 2.29. The molecule has 0 aliphatic heterocycles. The highest BCUT2D eigenvalue weighted by Crippen LogP contribution is 2.08. The van der Waals surface area contributed by atoms with Crippen LogP contribution in [0.1, 0.15) is 20.3 Å². The van der Waals surface area contributed by atoms with Gasteiger partial charge in [-0.05, 0) is 32.5 Å². The number of nitrogens with two attached hydrogens (primary N) is 1. The van der Waals surface area contributed by atoms with E-state index in [1.165, 1.54) is 18.3 Å². The number of rotatable bonds is 7. The Kier molecular flexibility index (Phi) is 5.71. The second kappa shape index (κ2) is 6.83. The second-order valence-corrected chi connectivity index (χ2v) is 6.32. The molecule has 0 amide bonds. The van der Waals surface area contributed by atoms with Crippen molar-refractivity contribution < 1.29 is 8.42 Å². The van der Waals surface area contributed by atoms with Crippen molar-refractivity contribution in [2.24, 2.45) is 0 Å². The molecule has 0 aliphatic carbocycles. The van der Waals surface area contributed by atoms with E-state index in [9.17, 15) is 8.42 Å². The largest absolute Gasteiger partial charge is 0.384 e. The molecule has 0 saturated carbocycles. The number of anilines is 1. The number of likely N-dealkylation sites (N-methyl/N-ethyl adjacent to an activating group) is 1. The molecule has 7 heteroatoms. The maximum Gasteiger partial charge on any atom is 0.242 e. The van der Waals surface area contributed by atoms with Crippen LogP contribution in [0.4, 0.5) is 5.82 Å². The van der Waals surface area contributed by atoms with Gasteiger partial charge < -0.3 is 10.6 Å². The lowest BCUT2D eigenvalue weighted by molar-refractivity contribution is 0.256. The van der Waals surface area contributed by atoms with Gasteiger partial charge in [0.15, 0.2) is 0 Å². The zero-order valence-electron chi connectivity index (χ0n) is 11.6. The first-order chi connectivity index (χ1) is 8.86. The van der Waals surface area contributed by atoms with Gasteiger partial charge in [-0.3, -0.25) is 0 Å². The lowest BCUT2D eigenvalue weighted by Crippen LogP contribution is -2.37. The summed E-state index contributed by atoms with van der Waals surface area (Å²) in [5.74, 6) is 0.301. The van der Waals surface area contributed by atoms with Crippen molar-refractivity contribution >= 4 is 15.8 Å². The summed E-state index contributed by atoms with van der Waals surface area (Å²) >= 11 is 0. The molecule has 0 aliphatic rings.